The normalized spacial score (nSPS) is 13.6. The lowest BCUT2D eigenvalue weighted by Crippen LogP contribution is -2.51. The highest BCUT2D eigenvalue weighted by molar-refractivity contribution is 7.92. The lowest BCUT2D eigenvalue weighted by molar-refractivity contribution is -0.140. The molecule has 0 aliphatic carbocycles. The van der Waals surface area contributed by atoms with E-state index >= 15 is 0 Å². The van der Waals surface area contributed by atoms with Crippen LogP contribution in [0.3, 0.4) is 0 Å². The molecule has 35 heavy (non-hydrogen) atoms. The molecule has 0 spiro atoms. The number of halogens is 2. The Labute approximate surface area is 214 Å². The van der Waals surface area contributed by atoms with Crippen molar-refractivity contribution < 1.29 is 27.5 Å². The Bertz CT molecular complexity index is 1190. The van der Waals surface area contributed by atoms with Gasteiger partial charge in [-0.3, -0.25) is 13.9 Å². The average molecular weight is 544 g/mol. The van der Waals surface area contributed by atoms with Crippen LogP contribution in [0.5, 0.6) is 11.5 Å². The fraction of sp³-hybridized carbons (Fsp3) is 0.391. The van der Waals surface area contributed by atoms with Crippen LogP contribution in [0.4, 0.5) is 5.69 Å². The number of hydrogen-bond donors (Lipinski definition) is 1. The summed E-state index contributed by atoms with van der Waals surface area (Å²) in [4.78, 5) is 27.5. The zero-order chi connectivity index (χ0) is 25.8. The summed E-state index contributed by atoms with van der Waals surface area (Å²) in [5, 5.41) is 3.21. The molecule has 0 saturated carbocycles. The smallest absolute Gasteiger partial charge is 0.244 e. The molecule has 1 N–H and O–H groups in total. The number of carbonyl (C=O) groups is 2. The number of sulfonamides is 1. The van der Waals surface area contributed by atoms with Crippen LogP contribution < -0.4 is 19.1 Å². The van der Waals surface area contributed by atoms with Crippen molar-refractivity contribution in [3.8, 4) is 11.5 Å². The van der Waals surface area contributed by atoms with Gasteiger partial charge >= 0.3 is 0 Å². The second-order valence-electron chi connectivity index (χ2n) is 7.86. The van der Waals surface area contributed by atoms with E-state index in [0.717, 1.165) is 10.6 Å². The molecule has 1 atom stereocenters. The molecule has 0 bridgehead atoms. The Hall–Kier alpha value is -2.69. The van der Waals surface area contributed by atoms with Crippen molar-refractivity contribution in [2.24, 2.45) is 0 Å². The molecule has 0 aromatic heterocycles. The third kappa shape index (κ3) is 6.31. The summed E-state index contributed by atoms with van der Waals surface area (Å²) in [7, 11) is -2.42. The maximum Gasteiger partial charge on any atom is 0.244 e. The zero-order valence-electron chi connectivity index (χ0n) is 19.6. The molecule has 12 heteroatoms. The summed E-state index contributed by atoms with van der Waals surface area (Å²) in [5.41, 5.74) is 0.686. The summed E-state index contributed by atoms with van der Waals surface area (Å²) in [6, 6.07) is 8.69. The number of rotatable bonds is 9. The van der Waals surface area contributed by atoms with Gasteiger partial charge in [0.2, 0.25) is 21.8 Å². The van der Waals surface area contributed by atoms with E-state index in [1.165, 1.54) is 24.1 Å². The molecular formula is C23H27Cl2N3O6S. The Morgan fingerprint density at radius 2 is 1.71 bits per heavy atom. The first-order valence-electron chi connectivity index (χ1n) is 10.9. The molecule has 2 aromatic carbocycles. The molecular weight excluding hydrogens is 517 g/mol. The van der Waals surface area contributed by atoms with E-state index in [-0.39, 0.29) is 18.7 Å². The van der Waals surface area contributed by atoms with Crippen LogP contribution in [0.1, 0.15) is 18.9 Å². The van der Waals surface area contributed by atoms with Gasteiger partial charge in [0.25, 0.3) is 0 Å². The zero-order valence-corrected chi connectivity index (χ0v) is 21.9. The number of benzene rings is 2. The van der Waals surface area contributed by atoms with Gasteiger partial charge in [-0.2, -0.15) is 0 Å². The van der Waals surface area contributed by atoms with Gasteiger partial charge in [-0.15, -0.1) is 0 Å². The van der Waals surface area contributed by atoms with E-state index in [9.17, 15) is 18.0 Å². The standard InChI is InChI=1S/C23H27Cl2N3O6S/c1-4-19(23(30)26-2)27(13-16-17(24)6-5-7-18(16)25)22(29)14-28(35(3,31)32)15-8-9-20-21(12-15)34-11-10-33-20/h5-9,12,19H,4,10-11,13-14H2,1-3H3,(H,26,30). The van der Waals surface area contributed by atoms with E-state index in [4.69, 9.17) is 32.7 Å². The van der Waals surface area contributed by atoms with Gasteiger partial charge < -0.3 is 19.7 Å². The molecule has 1 heterocycles. The first kappa shape index (κ1) is 26.9. The fourth-order valence-electron chi connectivity index (χ4n) is 3.74. The van der Waals surface area contributed by atoms with Gasteiger partial charge in [0.05, 0.1) is 11.9 Å². The number of ether oxygens (including phenoxy) is 2. The Morgan fingerprint density at radius 1 is 1.09 bits per heavy atom. The number of anilines is 1. The quantitative estimate of drug-likeness (QED) is 0.521. The number of carbonyl (C=O) groups excluding carboxylic acids is 2. The lowest BCUT2D eigenvalue weighted by atomic mass is 10.1. The summed E-state index contributed by atoms with van der Waals surface area (Å²) in [6.45, 7) is 1.84. The van der Waals surface area contributed by atoms with E-state index in [0.29, 0.717) is 40.3 Å². The van der Waals surface area contributed by atoms with Crippen LogP contribution in [-0.4, -0.2) is 64.2 Å². The summed E-state index contributed by atoms with van der Waals surface area (Å²) < 4.78 is 37.5. The number of hydrogen-bond acceptors (Lipinski definition) is 6. The van der Waals surface area contributed by atoms with Crippen molar-refractivity contribution in [1.82, 2.24) is 10.2 Å². The molecule has 1 aliphatic heterocycles. The van der Waals surface area contributed by atoms with Gasteiger partial charge in [0, 0.05) is 35.3 Å². The highest BCUT2D eigenvalue weighted by Crippen LogP contribution is 2.35. The predicted molar refractivity (Wildman–Crippen MR) is 135 cm³/mol. The van der Waals surface area contributed by atoms with Gasteiger partial charge in [-0.1, -0.05) is 36.2 Å². The van der Waals surface area contributed by atoms with Crippen molar-refractivity contribution in [1.29, 1.82) is 0 Å². The number of amides is 2. The lowest BCUT2D eigenvalue weighted by Gasteiger charge is -2.33. The molecule has 2 aromatic rings. The molecule has 2 amide bonds. The van der Waals surface area contributed by atoms with Gasteiger partial charge in [-0.05, 0) is 30.7 Å². The molecule has 1 unspecified atom stereocenters. The van der Waals surface area contributed by atoms with Gasteiger partial charge in [-0.25, -0.2) is 8.42 Å². The second-order valence-corrected chi connectivity index (χ2v) is 10.6. The minimum absolute atomic E-state index is 0.0813. The third-order valence-electron chi connectivity index (χ3n) is 5.52. The Morgan fingerprint density at radius 3 is 2.29 bits per heavy atom. The maximum absolute atomic E-state index is 13.6. The van der Waals surface area contributed by atoms with Crippen LogP contribution in [0.25, 0.3) is 0 Å². The number of nitrogens with zero attached hydrogens (tertiary/aromatic N) is 2. The van der Waals surface area contributed by atoms with E-state index in [1.54, 1.807) is 31.2 Å². The monoisotopic (exact) mass is 543 g/mol. The predicted octanol–water partition coefficient (Wildman–Crippen LogP) is 3.08. The van der Waals surface area contributed by atoms with Crippen molar-refractivity contribution in [2.75, 3.05) is 37.4 Å². The van der Waals surface area contributed by atoms with Crippen molar-refractivity contribution in [2.45, 2.75) is 25.9 Å². The second kappa shape index (κ2) is 11.4. The molecule has 0 fully saturated rings. The van der Waals surface area contributed by atoms with E-state index < -0.39 is 34.4 Å². The Balaban J connectivity index is 1.99. The first-order chi connectivity index (χ1) is 16.6. The Kier molecular flexibility index (Phi) is 8.74. The largest absolute Gasteiger partial charge is 0.486 e. The van der Waals surface area contributed by atoms with Crippen LogP contribution in [0.2, 0.25) is 10.0 Å². The minimum atomic E-state index is -3.88. The molecule has 3 rings (SSSR count). The van der Waals surface area contributed by atoms with E-state index in [2.05, 4.69) is 5.32 Å². The summed E-state index contributed by atoms with van der Waals surface area (Å²) >= 11 is 12.7. The third-order valence-corrected chi connectivity index (χ3v) is 7.36. The maximum atomic E-state index is 13.6. The summed E-state index contributed by atoms with van der Waals surface area (Å²) in [5.74, 6) is -0.127. The number of likely N-dealkylation sites (N-methyl/N-ethyl adjacent to an activating group) is 1. The van der Waals surface area contributed by atoms with Crippen LogP contribution in [-0.2, 0) is 26.2 Å². The highest BCUT2D eigenvalue weighted by Gasteiger charge is 2.32. The van der Waals surface area contributed by atoms with Crippen molar-refractivity contribution in [3.05, 3.63) is 52.0 Å². The van der Waals surface area contributed by atoms with Crippen LogP contribution in [0, 0.1) is 0 Å². The molecule has 1 aliphatic rings. The molecule has 0 radical (unpaired) electrons. The minimum Gasteiger partial charge on any atom is -0.486 e. The van der Waals surface area contributed by atoms with Crippen LogP contribution in [0.15, 0.2) is 36.4 Å². The fourth-order valence-corrected chi connectivity index (χ4v) is 5.10. The molecule has 190 valence electrons. The van der Waals surface area contributed by atoms with Crippen molar-refractivity contribution >= 4 is 50.7 Å². The highest BCUT2D eigenvalue weighted by atomic mass is 35.5. The number of fused-ring (bicyclic) bond motifs is 1. The van der Waals surface area contributed by atoms with Gasteiger partial charge in [0.15, 0.2) is 11.5 Å². The topological polar surface area (TPSA) is 105 Å². The average Bonchev–Trinajstić information content (AvgIpc) is 2.82. The van der Waals surface area contributed by atoms with Crippen molar-refractivity contribution in [3.63, 3.8) is 0 Å². The SMILES string of the molecule is CCC(C(=O)NC)N(Cc1c(Cl)cccc1Cl)C(=O)CN(c1ccc2c(c1)OCCO2)S(C)(=O)=O. The van der Waals surface area contributed by atoms with Gasteiger partial charge in [0.1, 0.15) is 25.8 Å². The van der Waals surface area contributed by atoms with E-state index in [1.807, 2.05) is 0 Å². The molecule has 0 saturated heterocycles. The number of nitrogens with one attached hydrogen (secondary N) is 1. The molecule has 9 nitrogen and oxygen atoms in total. The first-order valence-corrected chi connectivity index (χ1v) is 13.5. The summed E-state index contributed by atoms with van der Waals surface area (Å²) in [6.07, 6.45) is 1.29. The van der Waals surface area contributed by atoms with Crippen LogP contribution >= 0.6 is 23.2 Å².